The van der Waals surface area contributed by atoms with E-state index in [1.54, 1.807) is 23.1 Å². The van der Waals surface area contributed by atoms with E-state index in [1.807, 2.05) is 0 Å². The molecule has 0 unspecified atom stereocenters. The number of amides is 1. The Kier molecular flexibility index (Phi) is 15.8. The zero-order valence-corrected chi connectivity index (χ0v) is 28.6. The quantitative estimate of drug-likeness (QED) is 0.176. The molecule has 8 nitrogen and oxygen atoms in total. The van der Waals surface area contributed by atoms with Gasteiger partial charge in [0.15, 0.2) is 11.6 Å². The second-order valence-corrected chi connectivity index (χ2v) is 14.1. The minimum atomic E-state index is -0.885. The average Bonchev–Trinajstić information content (AvgIpc) is 2.97. The van der Waals surface area contributed by atoms with Crippen LogP contribution in [0.3, 0.4) is 0 Å². The van der Waals surface area contributed by atoms with Gasteiger partial charge in [-0.1, -0.05) is 59.7 Å². The van der Waals surface area contributed by atoms with Crippen molar-refractivity contribution in [3.8, 4) is 5.75 Å². The molecule has 1 amide bonds. The van der Waals surface area contributed by atoms with Gasteiger partial charge in [0.1, 0.15) is 5.82 Å². The average molecular weight is 630 g/mol. The van der Waals surface area contributed by atoms with Crippen LogP contribution in [0.15, 0.2) is 36.4 Å². The summed E-state index contributed by atoms with van der Waals surface area (Å²) in [5.74, 6) is 0.721. The van der Waals surface area contributed by atoms with E-state index in [9.17, 15) is 19.1 Å². The predicted octanol–water partition coefficient (Wildman–Crippen LogP) is 7.41. The SMILES string of the molecule is CC(C)CC(C)(C)COCC(C)(C)CN(CCC(=O)O)C(=O)CCCCc1ccc2c(n1)NCCC2.COc1ccccc1F. The summed E-state index contributed by atoms with van der Waals surface area (Å²) < 4.78 is 23.2. The molecule has 0 spiro atoms. The molecule has 2 N–H and O–H groups in total. The molecule has 2 heterocycles. The van der Waals surface area contributed by atoms with Gasteiger partial charge in [0.2, 0.25) is 5.91 Å². The van der Waals surface area contributed by atoms with E-state index in [2.05, 4.69) is 63.7 Å². The van der Waals surface area contributed by atoms with E-state index in [0.29, 0.717) is 32.1 Å². The van der Waals surface area contributed by atoms with Crippen molar-refractivity contribution in [3.05, 3.63) is 53.5 Å². The molecule has 0 saturated heterocycles. The minimum Gasteiger partial charge on any atom is -0.494 e. The highest BCUT2D eigenvalue weighted by atomic mass is 19.1. The van der Waals surface area contributed by atoms with E-state index in [0.717, 1.165) is 56.6 Å². The summed E-state index contributed by atoms with van der Waals surface area (Å²) in [6.07, 6.45) is 6.16. The van der Waals surface area contributed by atoms with Crippen molar-refractivity contribution < 1.29 is 28.6 Å². The number of carbonyl (C=O) groups is 2. The molecule has 0 radical (unpaired) electrons. The van der Waals surface area contributed by atoms with Crippen LogP contribution in [0, 0.1) is 22.6 Å². The van der Waals surface area contributed by atoms with Gasteiger partial charge in [0.05, 0.1) is 26.7 Å². The third kappa shape index (κ3) is 15.1. The van der Waals surface area contributed by atoms with Gasteiger partial charge in [0, 0.05) is 37.2 Å². The molecule has 3 rings (SSSR count). The number of rotatable bonds is 17. The molecule has 0 atom stereocenters. The Morgan fingerprint density at radius 2 is 1.76 bits per heavy atom. The number of carboxylic acid groups (broad SMARTS) is 1. The van der Waals surface area contributed by atoms with Crippen LogP contribution in [-0.4, -0.2) is 66.8 Å². The molecule has 1 aromatic carbocycles. The normalized spacial score (nSPS) is 12.9. The Morgan fingerprint density at radius 1 is 1.04 bits per heavy atom. The Morgan fingerprint density at radius 3 is 2.40 bits per heavy atom. The Labute approximate surface area is 270 Å². The largest absolute Gasteiger partial charge is 0.494 e. The van der Waals surface area contributed by atoms with Crippen LogP contribution in [0.4, 0.5) is 10.2 Å². The summed E-state index contributed by atoms with van der Waals surface area (Å²) in [5, 5.41) is 12.6. The molecule has 1 aliphatic heterocycles. The Hall–Kier alpha value is -3.20. The standard InChI is InChI=1S/C29H49N3O4.C7H7FO/c1-22(2)18-28(3,4)20-36-21-29(5,6)19-32(17-15-26(34)35)25(33)12-8-7-11-24-14-13-23-10-9-16-30-27(23)31-24;1-9-7-5-3-2-4-6(7)8/h13-14,22H,7-12,15-21H2,1-6H3,(H,30,31)(H,34,35);2-5H,1H3. The highest BCUT2D eigenvalue weighted by Crippen LogP contribution is 2.27. The van der Waals surface area contributed by atoms with Crippen LogP contribution in [0.1, 0.15) is 91.3 Å². The number of anilines is 1. The van der Waals surface area contributed by atoms with Crippen LogP contribution >= 0.6 is 0 Å². The number of nitrogens with one attached hydrogen (secondary N) is 1. The summed E-state index contributed by atoms with van der Waals surface area (Å²) in [6.45, 7) is 15.9. The zero-order chi connectivity index (χ0) is 33.5. The van der Waals surface area contributed by atoms with Gasteiger partial charge in [0.25, 0.3) is 0 Å². The molecule has 1 aromatic heterocycles. The fourth-order valence-corrected chi connectivity index (χ4v) is 5.71. The molecule has 0 bridgehead atoms. The predicted molar refractivity (Wildman–Crippen MR) is 178 cm³/mol. The van der Waals surface area contributed by atoms with Gasteiger partial charge in [-0.3, -0.25) is 9.59 Å². The molecule has 1 aliphatic rings. The third-order valence-corrected chi connectivity index (χ3v) is 7.60. The molecule has 2 aromatic rings. The number of ether oxygens (including phenoxy) is 2. The molecule has 45 heavy (non-hydrogen) atoms. The summed E-state index contributed by atoms with van der Waals surface area (Å²) in [6, 6.07) is 10.5. The number of aromatic nitrogens is 1. The molecule has 0 saturated carbocycles. The monoisotopic (exact) mass is 629 g/mol. The lowest BCUT2D eigenvalue weighted by molar-refractivity contribution is -0.139. The second kappa shape index (κ2) is 18.7. The van der Waals surface area contributed by atoms with Gasteiger partial charge in [-0.15, -0.1) is 0 Å². The highest BCUT2D eigenvalue weighted by molar-refractivity contribution is 5.77. The number of carbonyl (C=O) groups excluding carboxylic acids is 1. The van der Waals surface area contributed by atoms with E-state index in [1.165, 1.54) is 18.7 Å². The first kappa shape index (κ1) is 38.0. The zero-order valence-electron chi connectivity index (χ0n) is 28.6. The van der Waals surface area contributed by atoms with E-state index in [-0.39, 0.29) is 41.3 Å². The molecule has 9 heteroatoms. The van der Waals surface area contributed by atoms with Gasteiger partial charge in [-0.05, 0) is 73.6 Å². The number of hydrogen-bond donors (Lipinski definition) is 2. The van der Waals surface area contributed by atoms with Crippen molar-refractivity contribution in [2.75, 3.05) is 45.3 Å². The van der Waals surface area contributed by atoms with Crippen molar-refractivity contribution in [2.24, 2.45) is 16.7 Å². The number of methoxy groups -OCH3 is 1. The number of hydrogen-bond acceptors (Lipinski definition) is 6. The topological polar surface area (TPSA) is 101 Å². The summed E-state index contributed by atoms with van der Waals surface area (Å²) in [7, 11) is 1.44. The third-order valence-electron chi connectivity index (χ3n) is 7.60. The Balaban J connectivity index is 0.000000669. The fourth-order valence-electron chi connectivity index (χ4n) is 5.71. The number of benzene rings is 1. The second-order valence-electron chi connectivity index (χ2n) is 14.1. The van der Waals surface area contributed by atoms with Crippen LogP contribution in [-0.2, 0) is 27.2 Å². The van der Waals surface area contributed by atoms with Crippen molar-refractivity contribution in [1.82, 2.24) is 9.88 Å². The van der Waals surface area contributed by atoms with Crippen LogP contribution in [0.2, 0.25) is 0 Å². The number of unbranched alkanes of at least 4 members (excludes halogenated alkanes) is 1. The van der Waals surface area contributed by atoms with E-state index >= 15 is 0 Å². The first-order chi connectivity index (χ1) is 21.2. The maximum absolute atomic E-state index is 13.1. The number of aliphatic carboxylic acids is 1. The van der Waals surface area contributed by atoms with Crippen molar-refractivity contribution in [3.63, 3.8) is 0 Å². The van der Waals surface area contributed by atoms with Gasteiger partial charge in [-0.25, -0.2) is 9.37 Å². The maximum Gasteiger partial charge on any atom is 0.305 e. The number of fused-ring (bicyclic) bond motifs is 1. The molecule has 0 fully saturated rings. The number of aryl methyl sites for hydroxylation is 2. The lowest BCUT2D eigenvalue weighted by Gasteiger charge is -2.34. The van der Waals surface area contributed by atoms with Gasteiger partial charge >= 0.3 is 5.97 Å². The minimum absolute atomic E-state index is 0.0181. The van der Waals surface area contributed by atoms with E-state index < -0.39 is 5.97 Å². The first-order valence-corrected chi connectivity index (χ1v) is 16.3. The number of para-hydroxylation sites is 1. The summed E-state index contributed by atoms with van der Waals surface area (Å²) in [5.41, 5.74) is 2.18. The van der Waals surface area contributed by atoms with Crippen LogP contribution in [0.25, 0.3) is 0 Å². The number of nitrogens with zero attached hydrogens (tertiary/aromatic N) is 2. The summed E-state index contributed by atoms with van der Waals surface area (Å²) in [4.78, 5) is 30.7. The highest BCUT2D eigenvalue weighted by Gasteiger charge is 2.27. The maximum atomic E-state index is 13.1. The summed E-state index contributed by atoms with van der Waals surface area (Å²) >= 11 is 0. The molecular formula is C36H56FN3O5. The lowest BCUT2D eigenvalue weighted by Crippen LogP contribution is -2.42. The smallest absolute Gasteiger partial charge is 0.305 e. The fraction of sp³-hybridized carbons (Fsp3) is 0.639. The van der Waals surface area contributed by atoms with Crippen molar-refractivity contribution >= 4 is 17.7 Å². The molecule has 252 valence electrons. The molecular weight excluding hydrogens is 573 g/mol. The number of halogens is 1. The lowest BCUT2D eigenvalue weighted by atomic mass is 9.85. The van der Waals surface area contributed by atoms with Gasteiger partial charge in [-0.2, -0.15) is 0 Å². The van der Waals surface area contributed by atoms with Gasteiger partial charge < -0.3 is 24.8 Å². The van der Waals surface area contributed by atoms with Crippen molar-refractivity contribution in [2.45, 2.75) is 92.9 Å². The van der Waals surface area contributed by atoms with Crippen molar-refractivity contribution in [1.29, 1.82) is 0 Å². The van der Waals surface area contributed by atoms with Crippen LogP contribution in [0.5, 0.6) is 5.75 Å². The number of pyridine rings is 1. The Bertz CT molecular complexity index is 1200. The number of carboxylic acids is 1. The first-order valence-electron chi connectivity index (χ1n) is 16.3. The molecule has 0 aliphatic carbocycles. The van der Waals surface area contributed by atoms with Crippen LogP contribution < -0.4 is 10.1 Å². The van der Waals surface area contributed by atoms with E-state index in [4.69, 9.17) is 9.72 Å².